The Balaban J connectivity index is 1.93. The number of aromatic nitrogens is 2. The van der Waals surface area contributed by atoms with E-state index in [1.54, 1.807) is 0 Å². The molecule has 0 aliphatic heterocycles. The zero-order valence-electron chi connectivity index (χ0n) is 13.0. The molecule has 0 spiro atoms. The van der Waals surface area contributed by atoms with Crippen LogP contribution in [0.25, 0.3) is 11.1 Å². The number of carbonyl (C=O) groups is 1. The Hall–Kier alpha value is -2.68. The lowest BCUT2D eigenvalue weighted by molar-refractivity contribution is 0.0942. The van der Waals surface area contributed by atoms with Crippen molar-refractivity contribution in [1.82, 2.24) is 9.78 Å². The first-order valence-corrected chi connectivity index (χ1v) is 7.31. The highest BCUT2D eigenvalue weighted by Crippen LogP contribution is 2.20. The number of hydrogen-bond acceptors (Lipinski definition) is 2. The quantitative estimate of drug-likeness (QED) is 0.710. The zero-order chi connectivity index (χ0) is 15.7. The molecule has 0 atom stereocenters. The van der Waals surface area contributed by atoms with Crippen LogP contribution in [0.4, 0.5) is 0 Å². The summed E-state index contributed by atoms with van der Waals surface area (Å²) in [5.41, 5.74) is 5.74. The van der Waals surface area contributed by atoms with Gasteiger partial charge in [-0.25, -0.2) is 4.68 Å². The zero-order valence-corrected chi connectivity index (χ0v) is 13.0. The molecule has 2 aromatic carbocycles. The number of aryl methyl sites for hydroxylation is 1. The van der Waals surface area contributed by atoms with Crippen LogP contribution in [-0.4, -0.2) is 15.7 Å². The van der Waals surface area contributed by atoms with Crippen LogP contribution in [0, 0.1) is 20.8 Å². The molecule has 0 unspecified atom stereocenters. The minimum atomic E-state index is -0.0895. The third-order valence-corrected chi connectivity index (χ3v) is 4.08. The molecule has 3 nitrogen and oxygen atoms in total. The highest BCUT2D eigenvalue weighted by atomic mass is 16.2. The summed E-state index contributed by atoms with van der Waals surface area (Å²) in [5, 5.41) is 4.33. The van der Waals surface area contributed by atoms with Gasteiger partial charge in [0.2, 0.25) is 0 Å². The van der Waals surface area contributed by atoms with Crippen LogP contribution in [0.1, 0.15) is 27.3 Å². The second-order valence-corrected chi connectivity index (χ2v) is 5.46. The van der Waals surface area contributed by atoms with Gasteiger partial charge in [0.05, 0.1) is 5.69 Å². The third-order valence-electron chi connectivity index (χ3n) is 4.08. The van der Waals surface area contributed by atoms with E-state index < -0.39 is 0 Å². The highest BCUT2D eigenvalue weighted by Gasteiger charge is 2.15. The lowest BCUT2D eigenvalue weighted by Gasteiger charge is -2.05. The standard InChI is InChI=1S/C19H18N2O/c1-13-14(2)20-21(15(13)3)19(22)18-11-9-17(10-12-18)16-7-5-4-6-8-16/h4-12H,1-3H3. The van der Waals surface area contributed by atoms with Crippen molar-refractivity contribution in [3.63, 3.8) is 0 Å². The Morgan fingerprint density at radius 2 is 1.45 bits per heavy atom. The van der Waals surface area contributed by atoms with Crippen LogP contribution in [0.5, 0.6) is 0 Å². The van der Waals surface area contributed by atoms with Gasteiger partial charge in [-0.1, -0.05) is 42.5 Å². The van der Waals surface area contributed by atoms with Crippen LogP contribution in [0.2, 0.25) is 0 Å². The van der Waals surface area contributed by atoms with E-state index in [2.05, 4.69) is 17.2 Å². The van der Waals surface area contributed by atoms with E-state index in [-0.39, 0.29) is 5.91 Å². The van der Waals surface area contributed by atoms with E-state index in [0.717, 1.165) is 28.1 Å². The fraction of sp³-hybridized carbons (Fsp3) is 0.158. The van der Waals surface area contributed by atoms with Crippen molar-refractivity contribution in [3.8, 4) is 11.1 Å². The van der Waals surface area contributed by atoms with Crippen molar-refractivity contribution in [1.29, 1.82) is 0 Å². The average Bonchev–Trinajstić information content (AvgIpc) is 2.83. The third kappa shape index (κ3) is 2.46. The van der Waals surface area contributed by atoms with E-state index in [0.29, 0.717) is 5.56 Å². The highest BCUT2D eigenvalue weighted by molar-refractivity contribution is 5.96. The van der Waals surface area contributed by atoms with Gasteiger partial charge < -0.3 is 0 Å². The molecule has 3 aromatic rings. The van der Waals surface area contributed by atoms with Crippen molar-refractivity contribution in [2.75, 3.05) is 0 Å². The Bertz CT molecular complexity index is 815. The van der Waals surface area contributed by atoms with Crippen LogP contribution >= 0.6 is 0 Å². The molecule has 0 N–H and O–H groups in total. The number of benzene rings is 2. The number of hydrogen-bond donors (Lipinski definition) is 0. The van der Waals surface area contributed by atoms with E-state index >= 15 is 0 Å². The topological polar surface area (TPSA) is 34.9 Å². The van der Waals surface area contributed by atoms with Gasteiger partial charge in [-0.2, -0.15) is 5.10 Å². The Morgan fingerprint density at radius 3 is 2.00 bits per heavy atom. The summed E-state index contributed by atoms with van der Waals surface area (Å²) in [5.74, 6) is -0.0895. The molecular formula is C19H18N2O. The molecule has 0 amide bonds. The van der Waals surface area contributed by atoms with Crippen molar-refractivity contribution < 1.29 is 4.79 Å². The molecule has 110 valence electrons. The summed E-state index contributed by atoms with van der Waals surface area (Å²) in [4.78, 5) is 12.6. The summed E-state index contributed by atoms with van der Waals surface area (Å²) < 4.78 is 1.49. The number of carbonyl (C=O) groups excluding carboxylic acids is 1. The molecule has 0 bridgehead atoms. The van der Waals surface area contributed by atoms with E-state index in [1.165, 1.54) is 4.68 Å². The lowest BCUT2D eigenvalue weighted by atomic mass is 10.0. The number of rotatable bonds is 2. The van der Waals surface area contributed by atoms with Gasteiger partial charge in [0.15, 0.2) is 0 Å². The smallest absolute Gasteiger partial charge is 0.267 e. The molecule has 0 radical (unpaired) electrons. The van der Waals surface area contributed by atoms with E-state index in [9.17, 15) is 4.79 Å². The maximum Gasteiger partial charge on any atom is 0.278 e. The molecule has 1 aromatic heterocycles. The minimum absolute atomic E-state index is 0.0895. The van der Waals surface area contributed by atoms with Gasteiger partial charge in [0, 0.05) is 11.3 Å². The van der Waals surface area contributed by atoms with Gasteiger partial charge in [-0.15, -0.1) is 0 Å². The molecule has 3 heteroatoms. The Labute approximate surface area is 130 Å². The predicted molar refractivity (Wildman–Crippen MR) is 88.0 cm³/mol. The Morgan fingerprint density at radius 1 is 0.864 bits per heavy atom. The summed E-state index contributed by atoms with van der Waals surface area (Å²) >= 11 is 0. The lowest BCUT2D eigenvalue weighted by Crippen LogP contribution is -2.15. The summed E-state index contributed by atoms with van der Waals surface area (Å²) in [6.07, 6.45) is 0. The van der Waals surface area contributed by atoms with Crippen LogP contribution in [0.3, 0.4) is 0 Å². The first kappa shape index (κ1) is 14.3. The molecular weight excluding hydrogens is 272 g/mol. The first-order chi connectivity index (χ1) is 10.6. The van der Waals surface area contributed by atoms with Gasteiger partial charge in [0.1, 0.15) is 0 Å². The monoisotopic (exact) mass is 290 g/mol. The average molecular weight is 290 g/mol. The largest absolute Gasteiger partial charge is 0.278 e. The summed E-state index contributed by atoms with van der Waals surface area (Å²) in [6, 6.07) is 17.8. The molecule has 0 aliphatic carbocycles. The van der Waals surface area contributed by atoms with E-state index in [4.69, 9.17) is 0 Å². The maximum atomic E-state index is 12.6. The second-order valence-electron chi connectivity index (χ2n) is 5.46. The van der Waals surface area contributed by atoms with Gasteiger partial charge in [-0.3, -0.25) is 4.79 Å². The molecule has 22 heavy (non-hydrogen) atoms. The normalized spacial score (nSPS) is 10.7. The van der Waals surface area contributed by atoms with Crippen molar-refractivity contribution >= 4 is 5.91 Å². The number of nitrogens with zero attached hydrogens (tertiary/aromatic N) is 2. The maximum absolute atomic E-state index is 12.6. The first-order valence-electron chi connectivity index (χ1n) is 7.31. The van der Waals surface area contributed by atoms with Crippen LogP contribution in [-0.2, 0) is 0 Å². The van der Waals surface area contributed by atoms with Crippen molar-refractivity contribution in [2.45, 2.75) is 20.8 Å². The molecule has 3 rings (SSSR count). The summed E-state index contributed by atoms with van der Waals surface area (Å²) in [6.45, 7) is 5.83. The van der Waals surface area contributed by atoms with Crippen molar-refractivity contribution in [2.24, 2.45) is 0 Å². The second kappa shape index (κ2) is 5.60. The van der Waals surface area contributed by atoms with Gasteiger partial charge in [0.25, 0.3) is 5.91 Å². The predicted octanol–water partition coefficient (Wildman–Crippen LogP) is 4.16. The fourth-order valence-electron chi connectivity index (χ4n) is 2.48. The van der Waals surface area contributed by atoms with Crippen molar-refractivity contribution in [3.05, 3.63) is 77.1 Å². The Kier molecular flexibility index (Phi) is 3.63. The van der Waals surface area contributed by atoms with Gasteiger partial charge >= 0.3 is 0 Å². The van der Waals surface area contributed by atoms with Gasteiger partial charge in [-0.05, 0) is 49.6 Å². The molecule has 1 heterocycles. The SMILES string of the molecule is Cc1nn(C(=O)c2ccc(-c3ccccc3)cc2)c(C)c1C. The molecule has 0 aliphatic rings. The van der Waals surface area contributed by atoms with E-state index in [1.807, 2.05) is 63.2 Å². The molecule has 0 fully saturated rings. The molecule has 0 saturated heterocycles. The fourth-order valence-corrected chi connectivity index (χ4v) is 2.48. The van der Waals surface area contributed by atoms with Crippen LogP contribution in [0.15, 0.2) is 54.6 Å². The summed E-state index contributed by atoms with van der Waals surface area (Å²) in [7, 11) is 0. The minimum Gasteiger partial charge on any atom is -0.267 e. The van der Waals surface area contributed by atoms with Crippen LogP contribution < -0.4 is 0 Å². The molecule has 0 saturated carbocycles.